The summed E-state index contributed by atoms with van der Waals surface area (Å²) in [5.74, 6) is -3.31. The highest BCUT2D eigenvalue weighted by molar-refractivity contribution is 5.97. The standard InChI is InChI=1S/C21H17F2N5O2/c22-21(23)9-10-28(20(29)14-5-7-16-17(11-14)26-27-25-16)12-18(21)30-19-8-6-13-3-1-2-4-15(13)24-19/h1-8,11,18H,9-10,12H2,(H,25,26,27). The third-order valence-corrected chi connectivity index (χ3v) is 5.27. The summed E-state index contributed by atoms with van der Waals surface area (Å²) in [6.45, 7) is -0.301. The van der Waals surface area contributed by atoms with Gasteiger partial charge in [-0.1, -0.05) is 23.4 Å². The van der Waals surface area contributed by atoms with Crippen molar-refractivity contribution in [2.45, 2.75) is 18.4 Å². The Morgan fingerprint density at radius 3 is 2.90 bits per heavy atom. The van der Waals surface area contributed by atoms with Crippen LogP contribution in [-0.2, 0) is 0 Å². The number of benzene rings is 2. The lowest BCUT2D eigenvalue weighted by atomic mass is 10.0. The molecule has 3 heterocycles. The Balaban J connectivity index is 1.37. The highest BCUT2D eigenvalue weighted by atomic mass is 19.3. The fourth-order valence-electron chi connectivity index (χ4n) is 3.59. The Hall–Kier alpha value is -3.62. The summed E-state index contributed by atoms with van der Waals surface area (Å²) in [6, 6.07) is 15.6. The molecule has 1 aliphatic rings. The third kappa shape index (κ3) is 3.32. The van der Waals surface area contributed by atoms with Crippen LogP contribution in [0.25, 0.3) is 21.9 Å². The van der Waals surface area contributed by atoms with E-state index in [2.05, 4.69) is 20.4 Å². The van der Waals surface area contributed by atoms with E-state index in [-0.39, 0.29) is 24.9 Å². The van der Waals surface area contributed by atoms with Gasteiger partial charge in [0.1, 0.15) is 5.52 Å². The molecule has 4 aromatic rings. The number of carbonyl (C=O) groups excluding carboxylic acids is 1. The van der Waals surface area contributed by atoms with Crippen molar-refractivity contribution in [3.05, 3.63) is 60.2 Å². The van der Waals surface area contributed by atoms with Gasteiger partial charge in [-0.25, -0.2) is 13.8 Å². The summed E-state index contributed by atoms with van der Waals surface area (Å²) in [6.07, 6.45) is -1.97. The molecule has 5 rings (SSSR count). The van der Waals surface area contributed by atoms with Gasteiger partial charge in [0.05, 0.1) is 17.6 Å². The van der Waals surface area contributed by atoms with Crippen LogP contribution in [0.1, 0.15) is 16.8 Å². The molecule has 1 N–H and O–H groups in total. The molecular weight excluding hydrogens is 392 g/mol. The van der Waals surface area contributed by atoms with Gasteiger partial charge in [-0.05, 0) is 30.3 Å². The van der Waals surface area contributed by atoms with Crippen LogP contribution in [0.3, 0.4) is 0 Å². The second-order valence-electron chi connectivity index (χ2n) is 7.25. The third-order valence-electron chi connectivity index (χ3n) is 5.27. The summed E-state index contributed by atoms with van der Waals surface area (Å²) in [5, 5.41) is 11.2. The highest BCUT2D eigenvalue weighted by Gasteiger charge is 2.47. The number of H-pyrrole nitrogens is 1. The van der Waals surface area contributed by atoms with Crippen molar-refractivity contribution in [3.63, 3.8) is 0 Å². The zero-order valence-corrected chi connectivity index (χ0v) is 15.8. The Morgan fingerprint density at radius 2 is 2.00 bits per heavy atom. The van der Waals surface area contributed by atoms with Gasteiger partial charge in [0.15, 0.2) is 6.10 Å². The molecule has 1 atom stereocenters. The molecule has 0 bridgehead atoms. The maximum absolute atomic E-state index is 14.6. The number of ether oxygens (including phenoxy) is 1. The van der Waals surface area contributed by atoms with Gasteiger partial charge in [0.2, 0.25) is 5.88 Å². The van der Waals surface area contributed by atoms with E-state index in [1.54, 1.807) is 36.4 Å². The molecule has 1 aliphatic heterocycles. The van der Waals surface area contributed by atoms with Crippen LogP contribution in [0.5, 0.6) is 5.88 Å². The highest BCUT2D eigenvalue weighted by Crippen LogP contribution is 2.32. The first-order valence-electron chi connectivity index (χ1n) is 9.50. The number of hydrogen-bond acceptors (Lipinski definition) is 5. The normalized spacial score (nSPS) is 18.6. The monoisotopic (exact) mass is 409 g/mol. The number of nitrogens with zero attached hydrogens (tertiary/aromatic N) is 4. The largest absolute Gasteiger partial charge is 0.466 e. The van der Waals surface area contributed by atoms with E-state index in [0.29, 0.717) is 22.1 Å². The lowest BCUT2D eigenvalue weighted by Crippen LogP contribution is -2.55. The average Bonchev–Trinajstić information content (AvgIpc) is 3.22. The molecule has 1 amide bonds. The number of piperidine rings is 1. The first-order valence-corrected chi connectivity index (χ1v) is 9.50. The molecule has 1 unspecified atom stereocenters. The molecule has 1 saturated heterocycles. The van der Waals surface area contributed by atoms with Crippen molar-refractivity contribution >= 4 is 27.8 Å². The minimum atomic E-state index is -3.07. The zero-order chi connectivity index (χ0) is 20.7. The van der Waals surface area contributed by atoms with E-state index < -0.39 is 18.4 Å². The van der Waals surface area contributed by atoms with Gasteiger partial charge in [-0.2, -0.15) is 0 Å². The fraction of sp³-hybridized carbons (Fsp3) is 0.238. The Morgan fingerprint density at radius 1 is 1.13 bits per heavy atom. The molecule has 2 aromatic carbocycles. The van der Waals surface area contributed by atoms with Crippen LogP contribution in [0.2, 0.25) is 0 Å². The number of alkyl halides is 2. The fourth-order valence-corrected chi connectivity index (χ4v) is 3.59. The van der Waals surface area contributed by atoms with Gasteiger partial charge in [0.25, 0.3) is 11.8 Å². The Bertz CT molecular complexity index is 1240. The number of aromatic nitrogens is 4. The molecule has 1 fully saturated rings. The maximum Gasteiger partial charge on any atom is 0.287 e. The minimum absolute atomic E-state index is 0.0618. The molecule has 0 saturated carbocycles. The van der Waals surface area contributed by atoms with Crippen molar-refractivity contribution in [1.82, 2.24) is 25.3 Å². The molecule has 7 nitrogen and oxygen atoms in total. The lowest BCUT2D eigenvalue weighted by Gasteiger charge is -2.38. The van der Waals surface area contributed by atoms with Crippen LogP contribution >= 0.6 is 0 Å². The minimum Gasteiger partial charge on any atom is -0.466 e. The van der Waals surface area contributed by atoms with E-state index >= 15 is 0 Å². The second kappa shape index (κ2) is 7.01. The summed E-state index contributed by atoms with van der Waals surface area (Å²) in [5.41, 5.74) is 2.25. The number of aromatic amines is 1. The van der Waals surface area contributed by atoms with Crippen molar-refractivity contribution in [3.8, 4) is 5.88 Å². The number of likely N-dealkylation sites (tertiary alicyclic amines) is 1. The number of halogens is 2. The number of pyridine rings is 1. The molecule has 0 aliphatic carbocycles. The second-order valence-corrected chi connectivity index (χ2v) is 7.25. The Kier molecular flexibility index (Phi) is 4.30. The summed E-state index contributed by atoms with van der Waals surface area (Å²) in [7, 11) is 0. The van der Waals surface area contributed by atoms with Gasteiger partial charge < -0.3 is 9.64 Å². The molecular formula is C21H17F2N5O2. The number of carbonyl (C=O) groups is 1. The number of para-hydroxylation sites is 1. The number of hydrogen-bond donors (Lipinski definition) is 1. The molecule has 30 heavy (non-hydrogen) atoms. The van der Waals surface area contributed by atoms with Gasteiger partial charge in [-0.15, -0.1) is 5.10 Å². The van der Waals surface area contributed by atoms with Gasteiger partial charge >= 0.3 is 0 Å². The van der Waals surface area contributed by atoms with E-state index in [9.17, 15) is 13.6 Å². The van der Waals surface area contributed by atoms with Crippen molar-refractivity contribution in [1.29, 1.82) is 0 Å². The van der Waals surface area contributed by atoms with Crippen LogP contribution < -0.4 is 4.74 Å². The van der Waals surface area contributed by atoms with Gasteiger partial charge in [0, 0.05) is 30.0 Å². The SMILES string of the molecule is O=C(c1ccc2[nH]nnc2c1)N1CCC(F)(F)C(Oc2ccc3ccccc3n2)C1. The topological polar surface area (TPSA) is 84.0 Å². The van der Waals surface area contributed by atoms with Gasteiger partial charge in [-0.3, -0.25) is 9.89 Å². The quantitative estimate of drug-likeness (QED) is 0.560. The first kappa shape index (κ1) is 18.4. The van der Waals surface area contributed by atoms with E-state index in [1.165, 1.54) is 4.90 Å². The molecule has 2 aromatic heterocycles. The number of fused-ring (bicyclic) bond motifs is 2. The zero-order valence-electron chi connectivity index (χ0n) is 15.8. The lowest BCUT2D eigenvalue weighted by molar-refractivity contribution is -0.131. The predicted octanol–water partition coefficient (Wildman–Crippen LogP) is 3.43. The van der Waals surface area contributed by atoms with Crippen LogP contribution in [0.15, 0.2) is 54.6 Å². The molecule has 0 radical (unpaired) electrons. The summed E-state index contributed by atoms with van der Waals surface area (Å²) in [4.78, 5) is 18.6. The van der Waals surface area contributed by atoms with Crippen LogP contribution in [0.4, 0.5) is 8.78 Å². The van der Waals surface area contributed by atoms with Crippen LogP contribution in [-0.4, -0.2) is 56.3 Å². The molecule has 152 valence electrons. The predicted molar refractivity (Wildman–Crippen MR) is 106 cm³/mol. The number of nitrogens with one attached hydrogen (secondary N) is 1. The molecule has 0 spiro atoms. The number of amides is 1. The van der Waals surface area contributed by atoms with Crippen molar-refractivity contribution < 1.29 is 18.3 Å². The summed E-state index contributed by atoms with van der Waals surface area (Å²) < 4.78 is 34.7. The van der Waals surface area contributed by atoms with Crippen molar-refractivity contribution in [2.75, 3.05) is 13.1 Å². The first-order chi connectivity index (χ1) is 14.5. The van der Waals surface area contributed by atoms with Crippen molar-refractivity contribution in [2.24, 2.45) is 0 Å². The number of rotatable bonds is 3. The van der Waals surface area contributed by atoms with E-state index in [1.807, 2.05) is 18.2 Å². The van der Waals surface area contributed by atoms with Crippen LogP contribution in [0, 0.1) is 0 Å². The van der Waals surface area contributed by atoms with E-state index in [0.717, 1.165) is 5.39 Å². The summed E-state index contributed by atoms with van der Waals surface area (Å²) >= 11 is 0. The smallest absolute Gasteiger partial charge is 0.287 e. The molecule has 9 heteroatoms. The van der Waals surface area contributed by atoms with E-state index in [4.69, 9.17) is 4.74 Å². The Labute approximate surface area is 169 Å². The average molecular weight is 409 g/mol. The maximum atomic E-state index is 14.6.